The standard InChI is InChI=1S/C12H12N2O2.Na/c1-8-3-5-9(6-4-8)11-13-10(7-15)12(16)14(11)2;/h3-7,15H,1-2H3;/q;+1/p-1/b10-7+;. The molecule has 82 valence electrons. The molecule has 0 spiro atoms. The maximum Gasteiger partial charge on any atom is 1.00 e. The first kappa shape index (κ1) is 14.0. The van der Waals surface area contributed by atoms with Crippen molar-refractivity contribution in [2.75, 3.05) is 7.05 Å². The van der Waals surface area contributed by atoms with E-state index in [0.29, 0.717) is 12.1 Å². The van der Waals surface area contributed by atoms with Crippen molar-refractivity contribution in [2.45, 2.75) is 6.92 Å². The third kappa shape index (κ3) is 2.60. The van der Waals surface area contributed by atoms with Gasteiger partial charge in [-0.15, -0.1) is 6.26 Å². The van der Waals surface area contributed by atoms with Crippen molar-refractivity contribution in [1.82, 2.24) is 4.90 Å². The fraction of sp³-hybridized carbons (Fsp3) is 0.167. The molecule has 1 heterocycles. The van der Waals surface area contributed by atoms with Gasteiger partial charge in [-0.25, -0.2) is 4.99 Å². The third-order valence-electron chi connectivity index (χ3n) is 2.49. The molecule has 0 saturated heterocycles. The fourth-order valence-electron chi connectivity index (χ4n) is 1.54. The minimum atomic E-state index is -0.356. The van der Waals surface area contributed by atoms with Gasteiger partial charge >= 0.3 is 29.6 Å². The maximum atomic E-state index is 11.5. The number of hydrogen-bond donors (Lipinski definition) is 0. The van der Waals surface area contributed by atoms with Gasteiger partial charge in [-0.3, -0.25) is 9.69 Å². The van der Waals surface area contributed by atoms with E-state index in [9.17, 15) is 9.90 Å². The van der Waals surface area contributed by atoms with Gasteiger partial charge < -0.3 is 5.11 Å². The van der Waals surface area contributed by atoms with Crippen LogP contribution in [0.5, 0.6) is 0 Å². The average Bonchev–Trinajstić information content (AvgIpc) is 2.57. The number of rotatable bonds is 1. The van der Waals surface area contributed by atoms with Crippen LogP contribution < -0.4 is 34.7 Å². The summed E-state index contributed by atoms with van der Waals surface area (Å²) in [6, 6.07) is 7.64. The molecule has 0 unspecified atom stereocenters. The normalized spacial score (nSPS) is 17.1. The Kier molecular flexibility index (Phi) is 4.51. The fourth-order valence-corrected chi connectivity index (χ4v) is 1.54. The van der Waals surface area contributed by atoms with Crippen LogP contribution in [0.25, 0.3) is 0 Å². The Morgan fingerprint density at radius 2 is 1.88 bits per heavy atom. The van der Waals surface area contributed by atoms with E-state index >= 15 is 0 Å². The van der Waals surface area contributed by atoms with Crippen LogP contribution in [0.1, 0.15) is 11.1 Å². The van der Waals surface area contributed by atoms with Crippen LogP contribution in [0.2, 0.25) is 0 Å². The summed E-state index contributed by atoms with van der Waals surface area (Å²) in [5, 5.41) is 10.6. The second-order valence-corrected chi connectivity index (χ2v) is 3.67. The van der Waals surface area contributed by atoms with Gasteiger partial charge in [0.2, 0.25) is 0 Å². The minimum Gasteiger partial charge on any atom is -0.876 e. The van der Waals surface area contributed by atoms with Crippen molar-refractivity contribution in [3.63, 3.8) is 0 Å². The van der Waals surface area contributed by atoms with Gasteiger partial charge in [0.1, 0.15) is 11.5 Å². The van der Waals surface area contributed by atoms with Crippen LogP contribution >= 0.6 is 0 Å². The summed E-state index contributed by atoms with van der Waals surface area (Å²) in [4.78, 5) is 16.9. The van der Waals surface area contributed by atoms with Crippen molar-refractivity contribution in [3.05, 3.63) is 47.4 Å². The van der Waals surface area contributed by atoms with Crippen LogP contribution in [0, 0.1) is 6.92 Å². The van der Waals surface area contributed by atoms with Crippen molar-refractivity contribution in [2.24, 2.45) is 4.99 Å². The quantitative estimate of drug-likeness (QED) is 0.306. The molecule has 1 amide bonds. The summed E-state index contributed by atoms with van der Waals surface area (Å²) in [6.07, 6.45) is 0.486. The zero-order valence-corrected chi connectivity index (χ0v) is 12.1. The zero-order valence-electron chi connectivity index (χ0n) is 10.1. The van der Waals surface area contributed by atoms with E-state index in [4.69, 9.17) is 0 Å². The Hall–Kier alpha value is -1.10. The molecule has 0 N–H and O–H groups in total. The molecule has 0 radical (unpaired) electrons. The number of amides is 1. The molecule has 1 aliphatic rings. The summed E-state index contributed by atoms with van der Waals surface area (Å²) in [7, 11) is 1.61. The predicted molar refractivity (Wildman–Crippen MR) is 58.6 cm³/mol. The molecule has 1 aliphatic heterocycles. The molecule has 1 aromatic carbocycles. The molecule has 5 heteroatoms. The van der Waals surface area contributed by atoms with Gasteiger partial charge in [0.15, 0.2) is 0 Å². The first-order chi connectivity index (χ1) is 7.63. The molecule has 2 rings (SSSR count). The largest absolute Gasteiger partial charge is 1.00 e. The van der Waals surface area contributed by atoms with E-state index in [-0.39, 0.29) is 41.2 Å². The van der Waals surface area contributed by atoms with Crippen molar-refractivity contribution >= 4 is 11.7 Å². The molecule has 17 heavy (non-hydrogen) atoms. The predicted octanol–water partition coefficient (Wildman–Crippen LogP) is -2.58. The Bertz CT molecular complexity index is 492. The van der Waals surface area contributed by atoms with Gasteiger partial charge in [0.05, 0.1) is 0 Å². The van der Waals surface area contributed by atoms with Crippen LogP contribution in [0.15, 0.2) is 41.2 Å². The van der Waals surface area contributed by atoms with Gasteiger partial charge in [-0.1, -0.05) is 29.8 Å². The van der Waals surface area contributed by atoms with Crippen molar-refractivity contribution in [1.29, 1.82) is 0 Å². The molecular formula is C12H11N2NaO2. The van der Waals surface area contributed by atoms with E-state index < -0.39 is 0 Å². The van der Waals surface area contributed by atoms with E-state index in [2.05, 4.69) is 4.99 Å². The van der Waals surface area contributed by atoms with Gasteiger partial charge in [0.25, 0.3) is 5.91 Å². The summed E-state index contributed by atoms with van der Waals surface area (Å²) < 4.78 is 0. The summed E-state index contributed by atoms with van der Waals surface area (Å²) in [6.45, 7) is 1.98. The maximum absolute atomic E-state index is 11.5. The number of hydrogen-bond acceptors (Lipinski definition) is 3. The Morgan fingerprint density at radius 3 is 2.35 bits per heavy atom. The Labute approximate surface area is 122 Å². The van der Waals surface area contributed by atoms with Crippen LogP contribution in [-0.4, -0.2) is 23.7 Å². The van der Waals surface area contributed by atoms with E-state index in [0.717, 1.165) is 11.1 Å². The van der Waals surface area contributed by atoms with E-state index in [1.165, 1.54) is 4.90 Å². The molecule has 0 saturated carbocycles. The zero-order chi connectivity index (χ0) is 11.7. The van der Waals surface area contributed by atoms with Crippen LogP contribution in [0.3, 0.4) is 0 Å². The molecule has 0 aliphatic carbocycles. The number of amidine groups is 1. The van der Waals surface area contributed by atoms with Crippen LogP contribution in [-0.2, 0) is 4.79 Å². The number of carbonyl (C=O) groups is 1. The third-order valence-corrected chi connectivity index (χ3v) is 2.49. The topological polar surface area (TPSA) is 55.7 Å². The monoisotopic (exact) mass is 238 g/mol. The van der Waals surface area contributed by atoms with Crippen molar-refractivity contribution in [3.8, 4) is 0 Å². The number of benzene rings is 1. The van der Waals surface area contributed by atoms with Crippen LogP contribution in [0.4, 0.5) is 0 Å². The molecule has 4 nitrogen and oxygen atoms in total. The number of aliphatic imine (C=N–C) groups is 1. The molecule has 0 fully saturated rings. The van der Waals surface area contributed by atoms with Gasteiger partial charge in [0, 0.05) is 12.6 Å². The smallest absolute Gasteiger partial charge is 0.876 e. The average molecular weight is 238 g/mol. The second kappa shape index (κ2) is 5.49. The van der Waals surface area contributed by atoms with Gasteiger partial charge in [-0.05, 0) is 6.92 Å². The Morgan fingerprint density at radius 1 is 1.29 bits per heavy atom. The summed E-state index contributed by atoms with van der Waals surface area (Å²) in [5.74, 6) is 0.165. The number of likely N-dealkylation sites (N-methyl/N-ethyl adjacent to an activating group) is 1. The molecule has 0 aromatic heterocycles. The first-order valence-corrected chi connectivity index (χ1v) is 4.89. The number of carbonyl (C=O) groups excluding carboxylic acids is 1. The number of nitrogens with zero attached hydrogens (tertiary/aromatic N) is 2. The molecule has 0 atom stereocenters. The second-order valence-electron chi connectivity index (χ2n) is 3.67. The molecular weight excluding hydrogens is 227 g/mol. The Balaban J connectivity index is 0.00000144. The summed E-state index contributed by atoms with van der Waals surface area (Å²) in [5.41, 5.74) is 1.92. The van der Waals surface area contributed by atoms with Gasteiger partial charge in [-0.2, -0.15) is 0 Å². The minimum absolute atomic E-state index is 0. The van der Waals surface area contributed by atoms with E-state index in [1.54, 1.807) is 7.05 Å². The SMILES string of the molecule is Cc1ccc(C2=N/C(=C/[O-])C(=O)N2C)cc1.[Na+]. The molecule has 1 aromatic rings. The number of aryl methyl sites for hydroxylation is 1. The van der Waals surface area contributed by atoms with E-state index in [1.807, 2.05) is 31.2 Å². The summed E-state index contributed by atoms with van der Waals surface area (Å²) >= 11 is 0. The first-order valence-electron chi connectivity index (χ1n) is 4.89. The molecule has 0 bridgehead atoms. The van der Waals surface area contributed by atoms with Crippen molar-refractivity contribution < 1.29 is 39.5 Å².